The normalized spacial score (nSPS) is 14.4. The number of rotatable bonds is 6. The van der Waals surface area contributed by atoms with Crippen LogP contribution in [0.5, 0.6) is 0 Å². The molecular weight excluding hydrogens is 387 g/mol. The Morgan fingerprint density at radius 2 is 1.63 bits per heavy atom. The Morgan fingerprint density at radius 1 is 1.07 bits per heavy atom. The summed E-state index contributed by atoms with van der Waals surface area (Å²) >= 11 is 0. The third kappa shape index (κ3) is 4.46. The lowest BCUT2D eigenvalue weighted by molar-refractivity contribution is -0.263. The van der Waals surface area contributed by atoms with E-state index in [1.54, 1.807) is 4.72 Å². The van der Waals surface area contributed by atoms with Crippen molar-refractivity contribution in [2.45, 2.75) is 16.7 Å². The minimum absolute atomic E-state index is 0.0764. The first-order valence-electron chi connectivity index (χ1n) is 7.54. The van der Waals surface area contributed by atoms with Crippen LogP contribution in [0, 0.1) is 0 Å². The highest BCUT2D eigenvalue weighted by Crippen LogP contribution is 2.38. The summed E-state index contributed by atoms with van der Waals surface area (Å²) in [5, 5.41) is 10.2. The molecule has 0 saturated carbocycles. The molecule has 0 bridgehead atoms. The number of ether oxygens (including phenoxy) is 1. The molecular formula is C17H16F3NO5S. The van der Waals surface area contributed by atoms with E-state index < -0.39 is 39.9 Å². The summed E-state index contributed by atoms with van der Waals surface area (Å²) in [6, 6.07) is 10.6. The number of sulfonamides is 1. The van der Waals surface area contributed by atoms with Crippen LogP contribution in [0.1, 0.15) is 15.9 Å². The molecule has 2 aromatic rings. The van der Waals surface area contributed by atoms with Crippen LogP contribution < -0.4 is 4.72 Å². The van der Waals surface area contributed by atoms with Crippen molar-refractivity contribution in [3.05, 3.63) is 65.7 Å². The number of halogens is 3. The Balaban J connectivity index is 2.27. The topological polar surface area (TPSA) is 92.7 Å². The highest BCUT2D eigenvalue weighted by molar-refractivity contribution is 7.89. The maximum Gasteiger partial charge on any atom is 0.422 e. The summed E-state index contributed by atoms with van der Waals surface area (Å²) < 4.78 is 71.0. The summed E-state index contributed by atoms with van der Waals surface area (Å²) in [5.41, 5.74) is -3.83. The molecule has 6 nitrogen and oxygen atoms in total. The zero-order chi connectivity index (χ0) is 20.3. The second kappa shape index (κ2) is 7.67. The molecule has 146 valence electrons. The fourth-order valence-electron chi connectivity index (χ4n) is 2.25. The van der Waals surface area contributed by atoms with Gasteiger partial charge >= 0.3 is 12.1 Å². The van der Waals surface area contributed by atoms with Crippen molar-refractivity contribution >= 4 is 16.0 Å². The van der Waals surface area contributed by atoms with Gasteiger partial charge in [-0.1, -0.05) is 30.3 Å². The molecule has 0 radical (unpaired) electrons. The van der Waals surface area contributed by atoms with Gasteiger partial charge in [-0.3, -0.25) is 0 Å². The Bertz CT molecular complexity index is 898. The number of esters is 1. The summed E-state index contributed by atoms with van der Waals surface area (Å²) in [4.78, 5) is 11.0. The predicted octanol–water partition coefficient (Wildman–Crippen LogP) is 2.20. The number of carbonyl (C=O) groups excluding carboxylic acids is 1. The third-order valence-corrected chi connectivity index (χ3v) is 5.24. The van der Waals surface area contributed by atoms with Gasteiger partial charge in [-0.15, -0.1) is 0 Å². The van der Waals surface area contributed by atoms with Gasteiger partial charge in [0.25, 0.3) is 0 Å². The first-order valence-corrected chi connectivity index (χ1v) is 9.02. The fourth-order valence-corrected chi connectivity index (χ4v) is 3.31. The summed E-state index contributed by atoms with van der Waals surface area (Å²) in [6.45, 7) is -1.32. The van der Waals surface area contributed by atoms with Gasteiger partial charge in [0.15, 0.2) is 5.60 Å². The van der Waals surface area contributed by atoms with Gasteiger partial charge in [0.1, 0.15) is 0 Å². The number of aliphatic hydroxyl groups is 1. The van der Waals surface area contributed by atoms with Crippen molar-refractivity contribution in [3.8, 4) is 0 Å². The van der Waals surface area contributed by atoms with Gasteiger partial charge in [-0.25, -0.2) is 17.9 Å². The van der Waals surface area contributed by atoms with Crippen molar-refractivity contribution in [2.75, 3.05) is 13.7 Å². The quantitative estimate of drug-likeness (QED) is 0.722. The number of carbonyl (C=O) groups is 1. The Kier molecular flexibility index (Phi) is 5.93. The van der Waals surface area contributed by atoms with E-state index in [9.17, 15) is 31.5 Å². The van der Waals surface area contributed by atoms with Crippen LogP contribution in [0.2, 0.25) is 0 Å². The van der Waals surface area contributed by atoms with Gasteiger partial charge in [0.2, 0.25) is 10.0 Å². The van der Waals surface area contributed by atoms with Crippen LogP contribution in [-0.2, 0) is 20.4 Å². The minimum Gasteiger partial charge on any atom is -0.465 e. The number of methoxy groups -OCH3 is 1. The molecule has 2 N–H and O–H groups in total. The fraction of sp³-hybridized carbons (Fsp3) is 0.235. The molecule has 0 aliphatic rings. The van der Waals surface area contributed by atoms with E-state index in [0.717, 1.165) is 43.5 Å². The highest BCUT2D eigenvalue weighted by Gasteiger charge is 2.55. The van der Waals surface area contributed by atoms with Gasteiger partial charge in [-0.2, -0.15) is 13.2 Å². The molecule has 10 heteroatoms. The monoisotopic (exact) mass is 403 g/mol. The van der Waals surface area contributed by atoms with Gasteiger partial charge < -0.3 is 9.84 Å². The number of alkyl halides is 3. The molecule has 1 atom stereocenters. The van der Waals surface area contributed by atoms with Crippen molar-refractivity contribution in [2.24, 2.45) is 0 Å². The average Bonchev–Trinajstić information content (AvgIpc) is 2.65. The zero-order valence-electron chi connectivity index (χ0n) is 14.0. The van der Waals surface area contributed by atoms with Crippen LogP contribution in [0.25, 0.3) is 0 Å². The van der Waals surface area contributed by atoms with Crippen LogP contribution >= 0.6 is 0 Å². The van der Waals surface area contributed by atoms with E-state index >= 15 is 0 Å². The lowest BCUT2D eigenvalue weighted by Gasteiger charge is -2.31. The second-order valence-electron chi connectivity index (χ2n) is 5.56. The van der Waals surface area contributed by atoms with E-state index in [2.05, 4.69) is 4.74 Å². The van der Waals surface area contributed by atoms with Crippen LogP contribution in [-0.4, -0.2) is 39.3 Å². The Hall–Kier alpha value is -2.43. The van der Waals surface area contributed by atoms with E-state index in [4.69, 9.17) is 0 Å². The van der Waals surface area contributed by atoms with Crippen molar-refractivity contribution in [1.29, 1.82) is 0 Å². The Morgan fingerprint density at radius 3 is 2.11 bits per heavy atom. The van der Waals surface area contributed by atoms with Gasteiger partial charge in [-0.05, 0) is 29.8 Å². The van der Waals surface area contributed by atoms with Gasteiger partial charge in [0, 0.05) is 0 Å². The zero-order valence-corrected chi connectivity index (χ0v) is 14.8. The van der Waals surface area contributed by atoms with Crippen LogP contribution in [0.15, 0.2) is 59.5 Å². The first kappa shape index (κ1) is 20.9. The lowest BCUT2D eigenvalue weighted by Crippen LogP contribution is -2.51. The molecule has 0 aliphatic heterocycles. The first-order chi connectivity index (χ1) is 12.5. The number of hydrogen-bond donors (Lipinski definition) is 2. The van der Waals surface area contributed by atoms with Crippen molar-refractivity contribution < 1.29 is 36.2 Å². The molecule has 27 heavy (non-hydrogen) atoms. The molecule has 2 aromatic carbocycles. The maximum absolute atomic E-state index is 13.4. The van der Waals surface area contributed by atoms with E-state index in [0.29, 0.717) is 0 Å². The summed E-state index contributed by atoms with van der Waals surface area (Å²) in [7, 11) is -3.22. The predicted molar refractivity (Wildman–Crippen MR) is 89.4 cm³/mol. The van der Waals surface area contributed by atoms with E-state index in [1.165, 1.54) is 18.2 Å². The van der Waals surface area contributed by atoms with Crippen LogP contribution in [0.4, 0.5) is 13.2 Å². The second-order valence-corrected chi connectivity index (χ2v) is 7.33. The number of benzene rings is 2. The number of hydrogen-bond acceptors (Lipinski definition) is 5. The molecule has 0 saturated heterocycles. The van der Waals surface area contributed by atoms with Crippen LogP contribution in [0.3, 0.4) is 0 Å². The summed E-state index contributed by atoms with van der Waals surface area (Å²) in [5.74, 6) is -0.692. The van der Waals surface area contributed by atoms with Crippen molar-refractivity contribution in [3.63, 3.8) is 0 Å². The van der Waals surface area contributed by atoms with Crippen molar-refractivity contribution in [1.82, 2.24) is 4.72 Å². The molecule has 0 aromatic heterocycles. The molecule has 2 rings (SSSR count). The van der Waals surface area contributed by atoms with Gasteiger partial charge in [0.05, 0.1) is 24.1 Å². The number of nitrogens with one attached hydrogen (secondary N) is 1. The van der Waals surface area contributed by atoms with E-state index in [1.807, 2.05) is 0 Å². The minimum atomic E-state index is -5.12. The SMILES string of the molecule is COC(=O)c1ccc(S(=O)(=O)NC[C@](O)(c2ccccc2)C(F)(F)F)cc1. The molecule has 0 unspecified atom stereocenters. The summed E-state index contributed by atoms with van der Waals surface area (Å²) in [6.07, 6.45) is -5.12. The molecule has 0 amide bonds. The highest BCUT2D eigenvalue weighted by atomic mass is 32.2. The molecule has 0 fully saturated rings. The molecule has 0 heterocycles. The largest absolute Gasteiger partial charge is 0.465 e. The third-order valence-electron chi connectivity index (χ3n) is 3.82. The smallest absolute Gasteiger partial charge is 0.422 e. The average molecular weight is 403 g/mol. The molecule has 0 aliphatic carbocycles. The maximum atomic E-state index is 13.4. The molecule has 0 spiro atoms. The lowest BCUT2D eigenvalue weighted by atomic mass is 9.93. The Labute approximate surface area is 153 Å². The standard InChI is InChI=1S/C17H16F3NO5S/c1-26-15(22)12-7-9-14(10-8-12)27(24,25)21-11-16(23,17(18,19)20)13-5-3-2-4-6-13/h2-10,21,23H,11H2,1H3/t16-/m0/s1. The van der Waals surface area contributed by atoms with E-state index in [-0.39, 0.29) is 10.5 Å².